The second-order valence-corrected chi connectivity index (χ2v) is 8.76. The molecule has 1 aliphatic heterocycles. The van der Waals surface area contributed by atoms with Gasteiger partial charge in [0.1, 0.15) is 5.57 Å². The molecule has 0 fully saturated rings. The third kappa shape index (κ3) is 3.71. The average Bonchev–Trinajstić information content (AvgIpc) is 3.33. The number of aromatic nitrogens is 3. The molecule has 2 aromatic heterocycles. The van der Waals surface area contributed by atoms with Crippen LogP contribution in [0.2, 0.25) is 0 Å². The van der Waals surface area contributed by atoms with E-state index in [9.17, 15) is 14.7 Å². The molecule has 0 N–H and O–H groups in total. The van der Waals surface area contributed by atoms with Gasteiger partial charge in [-0.3, -0.25) is 9.59 Å². The van der Waals surface area contributed by atoms with Crippen LogP contribution in [-0.4, -0.2) is 21.6 Å². The number of pyridine rings is 1. The molecule has 35 heavy (non-hydrogen) atoms. The number of carbonyl (C=O) groups excluding carboxylic acids is 2. The zero-order valence-corrected chi connectivity index (χ0v) is 19.7. The van der Waals surface area contributed by atoms with Crippen molar-refractivity contribution < 1.29 is 19.3 Å². The van der Waals surface area contributed by atoms with Crippen molar-refractivity contribution in [2.75, 3.05) is 4.90 Å². The number of carbonyl (C=O) groups is 2. The SMILES string of the molecule is Cc1ccc(N2C(=O)C(c3c(C(C)C)nn(-c4ccccc4)c3[O-])=C([n+]3ccccc3)C2=O)cc1. The number of nitrogens with zero attached hydrogens (tertiary/aromatic N) is 4. The second kappa shape index (κ2) is 8.68. The van der Waals surface area contributed by atoms with Crippen LogP contribution in [-0.2, 0) is 9.59 Å². The largest absolute Gasteiger partial charge is 0.858 e. The Morgan fingerprint density at radius 2 is 1.46 bits per heavy atom. The van der Waals surface area contributed by atoms with Gasteiger partial charge in [-0.05, 0) is 43.0 Å². The molecule has 0 saturated heterocycles. The first kappa shape index (κ1) is 22.3. The smallest absolute Gasteiger partial charge is 0.331 e. The first-order chi connectivity index (χ1) is 16.9. The zero-order chi connectivity index (χ0) is 24.7. The number of aryl methyl sites for hydroxylation is 1. The summed E-state index contributed by atoms with van der Waals surface area (Å²) in [5.74, 6) is -1.63. The summed E-state index contributed by atoms with van der Waals surface area (Å²) in [6.45, 7) is 5.76. The topological polar surface area (TPSA) is 82.1 Å². The van der Waals surface area contributed by atoms with E-state index in [-0.39, 0.29) is 22.8 Å². The second-order valence-electron chi connectivity index (χ2n) is 8.76. The molecular formula is C28H24N4O3. The lowest BCUT2D eigenvalue weighted by Gasteiger charge is -2.16. The van der Waals surface area contributed by atoms with E-state index < -0.39 is 17.7 Å². The molecule has 1 aliphatic rings. The van der Waals surface area contributed by atoms with Crippen LogP contribution in [0.5, 0.6) is 5.88 Å². The normalized spacial score (nSPS) is 13.9. The lowest BCUT2D eigenvalue weighted by Crippen LogP contribution is -2.39. The Labute approximate surface area is 203 Å². The summed E-state index contributed by atoms with van der Waals surface area (Å²) in [7, 11) is 0. The molecule has 3 heterocycles. The van der Waals surface area contributed by atoms with Crippen molar-refractivity contribution in [3.05, 3.63) is 102 Å². The van der Waals surface area contributed by atoms with Gasteiger partial charge in [-0.1, -0.05) is 55.8 Å². The van der Waals surface area contributed by atoms with E-state index in [4.69, 9.17) is 0 Å². The van der Waals surface area contributed by atoms with Crippen molar-refractivity contribution in [2.45, 2.75) is 26.7 Å². The highest BCUT2D eigenvalue weighted by Gasteiger charge is 2.47. The maximum absolute atomic E-state index is 13.9. The van der Waals surface area contributed by atoms with Crippen LogP contribution in [0, 0.1) is 6.92 Å². The summed E-state index contributed by atoms with van der Waals surface area (Å²) in [5, 5.41) is 18.4. The Balaban J connectivity index is 1.78. The van der Waals surface area contributed by atoms with Crippen LogP contribution in [0.3, 0.4) is 0 Å². The van der Waals surface area contributed by atoms with E-state index in [1.165, 1.54) is 4.68 Å². The van der Waals surface area contributed by atoms with Gasteiger partial charge in [-0.25, -0.2) is 9.58 Å². The minimum absolute atomic E-state index is 0.0580. The van der Waals surface area contributed by atoms with Gasteiger partial charge in [0.05, 0.1) is 17.1 Å². The Hall–Kier alpha value is -4.52. The molecule has 4 aromatic rings. The third-order valence-electron chi connectivity index (χ3n) is 5.99. The number of anilines is 1. The van der Waals surface area contributed by atoms with Crippen LogP contribution < -0.4 is 14.6 Å². The highest BCUT2D eigenvalue weighted by Crippen LogP contribution is 2.40. The van der Waals surface area contributed by atoms with Gasteiger partial charge >= 0.3 is 5.91 Å². The number of rotatable bonds is 5. The fourth-order valence-corrected chi connectivity index (χ4v) is 4.26. The molecule has 5 rings (SSSR count). The number of benzene rings is 2. The number of amides is 2. The molecule has 174 valence electrons. The predicted molar refractivity (Wildman–Crippen MR) is 131 cm³/mol. The van der Waals surface area contributed by atoms with Gasteiger partial charge in [0, 0.05) is 17.7 Å². The summed E-state index contributed by atoms with van der Waals surface area (Å²) >= 11 is 0. The molecule has 0 spiro atoms. The number of para-hydroxylation sites is 1. The lowest BCUT2D eigenvalue weighted by atomic mass is 9.98. The average molecular weight is 465 g/mol. The highest BCUT2D eigenvalue weighted by atomic mass is 16.3. The monoisotopic (exact) mass is 464 g/mol. The van der Waals surface area contributed by atoms with E-state index in [1.54, 1.807) is 53.4 Å². The summed E-state index contributed by atoms with van der Waals surface area (Å²) < 4.78 is 2.89. The Morgan fingerprint density at radius 3 is 2.09 bits per heavy atom. The van der Waals surface area contributed by atoms with Crippen LogP contribution in [0.4, 0.5) is 5.69 Å². The number of imide groups is 1. The Bertz CT molecular complexity index is 1450. The molecule has 7 nitrogen and oxygen atoms in total. The lowest BCUT2D eigenvalue weighted by molar-refractivity contribution is -0.576. The first-order valence-corrected chi connectivity index (χ1v) is 11.4. The van der Waals surface area contributed by atoms with E-state index >= 15 is 0 Å². The molecular weight excluding hydrogens is 440 g/mol. The van der Waals surface area contributed by atoms with Gasteiger partial charge in [-0.2, -0.15) is 9.67 Å². The van der Waals surface area contributed by atoms with Gasteiger partial charge in [0.2, 0.25) is 0 Å². The highest BCUT2D eigenvalue weighted by molar-refractivity contribution is 6.53. The van der Waals surface area contributed by atoms with E-state index in [2.05, 4.69) is 5.10 Å². The van der Waals surface area contributed by atoms with E-state index in [0.29, 0.717) is 17.1 Å². The Kier molecular flexibility index (Phi) is 5.53. The summed E-state index contributed by atoms with van der Waals surface area (Å²) in [6.07, 6.45) is 3.39. The molecule has 0 aliphatic carbocycles. The maximum atomic E-state index is 13.9. The number of hydrogen-bond donors (Lipinski definition) is 0. The summed E-state index contributed by atoms with van der Waals surface area (Å²) in [6, 6.07) is 21.6. The van der Waals surface area contributed by atoms with Crippen LogP contribution in [0.25, 0.3) is 17.0 Å². The maximum Gasteiger partial charge on any atom is 0.331 e. The first-order valence-electron chi connectivity index (χ1n) is 11.4. The van der Waals surface area contributed by atoms with Gasteiger partial charge in [-0.15, -0.1) is 0 Å². The summed E-state index contributed by atoms with van der Waals surface area (Å²) in [5.41, 5.74) is 2.85. The Morgan fingerprint density at radius 1 is 0.829 bits per heavy atom. The van der Waals surface area contributed by atoms with Crippen molar-refractivity contribution in [3.8, 4) is 11.6 Å². The molecule has 0 bridgehead atoms. The van der Waals surface area contributed by atoms with Crippen molar-refractivity contribution in [2.24, 2.45) is 0 Å². The van der Waals surface area contributed by atoms with Gasteiger partial charge < -0.3 is 5.11 Å². The van der Waals surface area contributed by atoms with Crippen LogP contribution in [0.15, 0.2) is 85.2 Å². The molecule has 0 saturated carbocycles. The molecule has 0 atom stereocenters. The minimum Gasteiger partial charge on any atom is -0.858 e. The van der Waals surface area contributed by atoms with Gasteiger partial charge in [0.15, 0.2) is 12.4 Å². The molecule has 2 aromatic carbocycles. The fraction of sp³-hybridized carbons (Fsp3) is 0.143. The van der Waals surface area contributed by atoms with Crippen molar-refractivity contribution >= 4 is 28.8 Å². The molecule has 2 amide bonds. The zero-order valence-electron chi connectivity index (χ0n) is 19.7. The van der Waals surface area contributed by atoms with Crippen LogP contribution >= 0.6 is 0 Å². The van der Waals surface area contributed by atoms with Crippen molar-refractivity contribution in [1.82, 2.24) is 9.78 Å². The number of hydrogen-bond acceptors (Lipinski definition) is 4. The van der Waals surface area contributed by atoms with Gasteiger partial charge in [0.25, 0.3) is 11.6 Å². The standard InChI is InChI=1S/C28H24N4O3/c1-18(2)24-22(27(34)32(29-24)21-10-6-4-7-11-21)23-25(30-16-8-5-9-17-30)28(35)31(26(23)33)20-14-12-19(3)13-15-20/h4-18H,1-3H3. The van der Waals surface area contributed by atoms with Crippen molar-refractivity contribution in [3.63, 3.8) is 0 Å². The van der Waals surface area contributed by atoms with E-state index in [0.717, 1.165) is 10.5 Å². The molecule has 0 radical (unpaired) electrons. The predicted octanol–water partition coefficient (Wildman–Crippen LogP) is 3.61. The van der Waals surface area contributed by atoms with Crippen molar-refractivity contribution in [1.29, 1.82) is 0 Å². The molecule has 7 heteroatoms. The van der Waals surface area contributed by atoms with Crippen LogP contribution in [0.1, 0.15) is 36.6 Å². The van der Waals surface area contributed by atoms with E-state index in [1.807, 2.05) is 57.2 Å². The quantitative estimate of drug-likeness (QED) is 0.334. The summed E-state index contributed by atoms with van der Waals surface area (Å²) in [4.78, 5) is 28.8. The fourth-order valence-electron chi connectivity index (χ4n) is 4.26. The molecule has 0 unspecified atom stereocenters. The third-order valence-corrected chi connectivity index (χ3v) is 5.99. The minimum atomic E-state index is -0.545.